The second kappa shape index (κ2) is 7.65. The number of carbonyl (C=O) groups excluding carboxylic acids is 2. The molecule has 0 bridgehead atoms. The van der Waals surface area contributed by atoms with Crippen LogP contribution >= 0.6 is 0 Å². The van der Waals surface area contributed by atoms with Crippen molar-refractivity contribution >= 4 is 17.5 Å². The van der Waals surface area contributed by atoms with Gasteiger partial charge in [-0.3, -0.25) is 9.59 Å². The summed E-state index contributed by atoms with van der Waals surface area (Å²) in [5.74, 6) is 0.332. The van der Waals surface area contributed by atoms with Crippen LogP contribution in [-0.4, -0.2) is 41.1 Å². The third-order valence-corrected chi connectivity index (χ3v) is 4.91. The number of benzene rings is 1. The van der Waals surface area contributed by atoms with E-state index in [4.69, 9.17) is 9.25 Å². The molecule has 0 unspecified atom stereocenters. The zero-order valence-electron chi connectivity index (χ0n) is 14.8. The number of rotatable bonds is 5. The Hall–Kier alpha value is -3.09. The Morgan fingerprint density at radius 2 is 2.04 bits per heavy atom. The first-order chi connectivity index (χ1) is 13.2. The highest BCUT2D eigenvalue weighted by Gasteiger charge is 2.40. The van der Waals surface area contributed by atoms with E-state index in [1.807, 2.05) is 30.3 Å². The molecular weight excluding hydrogens is 346 g/mol. The van der Waals surface area contributed by atoms with Crippen molar-refractivity contribution < 1.29 is 18.8 Å². The Bertz CT molecular complexity index is 832. The summed E-state index contributed by atoms with van der Waals surface area (Å²) < 4.78 is 5.23. The Morgan fingerprint density at radius 3 is 2.81 bits per heavy atom. The molecular formula is C20H21N3O4. The van der Waals surface area contributed by atoms with Crippen LogP contribution in [-0.2, 0) is 21.0 Å². The molecule has 1 N–H and O–H groups in total. The van der Waals surface area contributed by atoms with Gasteiger partial charge in [0.05, 0.1) is 18.5 Å². The molecule has 7 heteroatoms. The summed E-state index contributed by atoms with van der Waals surface area (Å²) in [6.45, 7) is 0.865. The molecule has 1 aromatic heterocycles. The van der Waals surface area contributed by atoms with Crippen LogP contribution in [0.15, 0.2) is 58.3 Å². The maximum Gasteiger partial charge on any atom is 0.267 e. The van der Waals surface area contributed by atoms with E-state index in [0.29, 0.717) is 31.7 Å². The fourth-order valence-electron chi connectivity index (χ4n) is 3.50. The standard InChI is InChI=1S/C20H21N3O4/c24-19(21-13-15-8-5-11-26-15)17-9-4-10-23(17)20(25)18-12-16(22-27-18)14-6-2-1-3-7-14/h1-3,5-8,11,17-18H,4,9-10,12-13H2,(H,21,24)/t17-,18-/m0/s1. The molecule has 3 heterocycles. The van der Waals surface area contributed by atoms with Crippen molar-refractivity contribution in [3.05, 3.63) is 60.1 Å². The Balaban J connectivity index is 1.36. The smallest absolute Gasteiger partial charge is 0.267 e. The predicted molar refractivity (Wildman–Crippen MR) is 97.8 cm³/mol. The van der Waals surface area contributed by atoms with E-state index in [2.05, 4.69) is 10.5 Å². The third-order valence-electron chi connectivity index (χ3n) is 4.91. The number of carbonyl (C=O) groups is 2. The first kappa shape index (κ1) is 17.3. The lowest BCUT2D eigenvalue weighted by molar-refractivity contribution is -0.146. The maximum absolute atomic E-state index is 12.9. The van der Waals surface area contributed by atoms with Crippen molar-refractivity contribution in [1.29, 1.82) is 0 Å². The van der Waals surface area contributed by atoms with Crippen molar-refractivity contribution in [2.75, 3.05) is 6.54 Å². The molecule has 4 rings (SSSR count). The number of hydrogen-bond donors (Lipinski definition) is 1. The molecule has 1 fully saturated rings. The van der Waals surface area contributed by atoms with Crippen molar-refractivity contribution in [3.8, 4) is 0 Å². The average Bonchev–Trinajstić information content (AvgIpc) is 3.47. The van der Waals surface area contributed by atoms with Crippen LogP contribution in [0.5, 0.6) is 0 Å². The minimum absolute atomic E-state index is 0.167. The normalized spacial score (nSPS) is 21.6. The molecule has 1 saturated heterocycles. The van der Waals surface area contributed by atoms with E-state index >= 15 is 0 Å². The van der Waals surface area contributed by atoms with Crippen molar-refractivity contribution in [2.24, 2.45) is 5.16 Å². The van der Waals surface area contributed by atoms with Gasteiger partial charge in [-0.15, -0.1) is 0 Å². The maximum atomic E-state index is 12.9. The van der Waals surface area contributed by atoms with Gasteiger partial charge >= 0.3 is 0 Å². The summed E-state index contributed by atoms with van der Waals surface area (Å²) in [6.07, 6.45) is 2.76. The zero-order chi connectivity index (χ0) is 18.6. The second-order valence-electron chi connectivity index (χ2n) is 6.69. The quantitative estimate of drug-likeness (QED) is 0.877. The van der Waals surface area contributed by atoms with E-state index in [0.717, 1.165) is 17.7 Å². The number of nitrogens with zero attached hydrogens (tertiary/aromatic N) is 2. The molecule has 2 aliphatic rings. The lowest BCUT2D eigenvalue weighted by Gasteiger charge is -2.25. The molecule has 2 aromatic rings. The van der Waals surface area contributed by atoms with Gasteiger partial charge in [-0.25, -0.2) is 0 Å². The summed E-state index contributed by atoms with van der Waals surface area (Å²) >= 11 is 0. The second-order valence-corrected chi connectivity index (χ2v) is 6.69. The molecule has 27 heavy (non-hydrogen) atoms. The number of amides is 2. The highest BCUT2D eigenvalue weighted by Crippen LogP contribution is 2.24. The number of furan rings is 1. The van der Waals surface area contributed by atoms with E-state index < -0.39 is 12.1 Å². The van der Waals surface area contributed by atoms with E-state index in [-0.39, 0.29) is 11.8 Å². The van der Waals surface area contributed by atoms with Crippen molar-refractivity contribution in [2.45, 2.75) is 38.0 Å². The zero-order valence-corrected chi connectivity index (χ0v) is 14.8. The minimum Gasteiger partial charge on any atom is -0.467 e. The fourth-order valence-corrected chi connectivity index (χ4v) is 3.50. The van der Waals surface area contributed by atoms with Gasteiger partial charge in [0, 0.05) is 13.0 Å². The molecule has 0 aliphatic carbocycles. The van der Waals surface area contributed by atoms with Crippen LogP contribution in [0, 0.1) is 0 Å². The van der Waals surface area contributed by atoms with Gasteiger partial charge < -0.3 is 19.5 Å². The van der Waals surface area contributed by atoms with Crippen molar-refractivity contribution in [1.82, 2.24) is 10.2 Å². The van der Waals surface area contributed by atoms with Crippen LogP contribution in [0.1, 0.15) is 30.6 Å². The largest absolute Gasteiger partial charge is 0.467 e. The molecule has 0 spiro atoms. The SMILES string of the molecule is O=C(NCc1ccco1)[C@@H]1CCCN1C(=O)[C@@H]1CC(c2ccccc2)=NO1. The highest BCUT2D eigenvalue weighted by atomic mass is 16.6. The Labute approximate surface area is 157 Å². The summed E-state index contributed by atoms with van der Waals surface area (Å²) in [5, 5.41) is 6.92. The van der Waals surface area contributed by atoms with Gasteiger partial charge in [0.25, 0.3) is 5.91 Å². The topological polar surface area (TPSA) is 84.1 Å². The number of likely N-dealkylation sites (tertiary alicyclic amines) is 1. The van der Waals surface area contributed by atoms with Crippen LogP contribution in [0.4, 0.5) is 0 Å². The van der Waals surface area contributed by atoms with Gasteiger partial charge in [-0.05, 0) is 30.5 Å². The molecule has 0 saturated carbocycles. The van der Waals surface area contributed by atoms with Crippen molar-refractivity contribution in [3.63, 3.8) is 0 Å². The predicted octanol–water partition coefficient (Wildman–Crippen LogP) is 2.08. The van der Waals surface area contributed by atoms with Crippen LogP contribution in [0.25, 0.3) is 0 Å². The lowest BCUT2D eigenvalue weighted by Crippen LogP contribution is -2.49. The van der Waals surface area contributed by atoms with Gasteiger partial charge in [-0.1, -0.05) is 35.5 Å². The molecule has 0 radical (unpaired) electrons. The van der Waals surface area contributed by atoms with E-state index in [1.165, 1.54) is 0 Å². The van der Waals surface area contributed by atoms with E-state index in [1.54, 1.807) is 23.3 Å². The highest BCUT2D eigenvalue weighted by molar-refractivity contribution is 6.04. The first-order valence-corrected chi connectivity index (χ1v) is 9.11. The van der Waals surface area contributed by atoms with Crippen LogP contribution in [0.3, 0.4) is 0 Å². The van der Waals surface area contributed by atoms with Gasteiger partial charge in [-0.2, -0.15) is 0 Å². The number of hydrogen-bond acceptors (Lipinski definition) is 5. The first-order valence-electron chi connectivity index (χ1n) is 9.11. The Kier molecular flexibility index (Phi) is 4.91. The van der Waals surface area contributed by atoms with E-state index in [9.17, 15) is 9.59 Å². The lowest BCUT2D eigenvalue weighted by atomic mass is 10.0. The van der Waals surface area contributed by atoms with Crippen LogP contribution in [0.2, 0.25) is 0 Å². The third kappa shape index (κ3) is 3.72. The monoisotopic (exact) mass is 367 g/mol. The molecule has 2 aliphatic heterocycles. The van der Waals surface area contributed by atoms with Gasteiger partial charge in [0.1, 0.15) is 11.8 Å². The Morgan fingerprint density at radius 1 is 1.19 bits per heavy atom. The summed E-state index contributed by atoms with van der Waals surface area (Å²) in [4.78, 5) is 32.4. The number of nitrogens with one attached hydrogen (secondary N) is 1. The molecule has 2 atom stereocenters. The summed E-state index contributed by atoms with van der Waals surface area (Å²) in [5.41, 5.74) is 1.70. The molecule has 140 valence electrons. The summed E-state index contributed by atoms with van der Waals surface area (Å²) in [7, 11) is 0. The van der Waals surface area contributed by atoms with Gasteiger partial charge in [0.15, 0.2) is 0 Å². The average molecular weight is 367 g/mol. The minimum atomic E-state index is -0.668. The number of oxime groups is 1. The molecule has 7 nitrogen and oxygen atoms in total. The summed E-state index contributed by atoms with van der Waals surface area (Å²) in [6, 6.07) is 12.8. The molecule has 1 aromatic carbocycles. The van der Waals surface area contributed by atoms with Gasteiger partial charge in [0.2, 0.25) is 12.0 Å². The van der Waals surface area contributed by atoms with Crippen LogP contribution < -0.4 is 5.32 Å². The molecule has 2 amide bonds. The fraction of sp³-hybridized carbons (Fsp3) is 0.350.